The molecule has 0 heterocycles. The zero-order valence-electron chi connectivity index (χ0n) is 53.3. The van der Waals surface area contributed by atoms with Gasteiger partial charge in [-0.2, -0.15) is 0 Å². The van der Waals surface area contributed by atoms with Gasteiger partial charge in [0.1, 0.15) is 32.2 Å². The van der Waals surface area contributed by atoms with Crippen molar-refractivity contribution in [2.75, 3.05) is 59.6 Å². The minimum absolute atomic E-state index is 0.00829. The summed E-state index contributed by atoms with van der Waals surface area (Å²) in [5.41, 5.74) is 0. The molecule has 0 rings (SSSR count). The third kappa shape index (κ3) is 63.1. The number of carbonyl (C=O) groups excluding carboxylic acids is 4. The first-order valence-corrected chi connectivity index (χ1v) is 34.2. The molecule has 0 N–H and O–H groups in total. The normalized spacial score (nSPS) is 12.4. The van der Waals surface area contributed by atoms with Crippen molar-refractivity contribution in [3.05, 3.63) is 24.3 Å². The lowest BCUT2D eigenvalue weighted by Gasteiger charge is -2.16. The van der Waals surface area contributed by atoms with Gasteiger partial charge in [-0.15, -0.1) is 0 Å². The summed E-state index contributed by atoms with van der Waals surface area (Å²) in [7, 11) is 0. The smallest absolute Gasteiger partial charge is 0.306 e. The van der Waals surface area contributed by atoms with E-state index in [0.29, 0.717) is 65.3 Å². The van der Waals surface area contributed by atoms with Crippen LogP contribution in [0.15, 0.2) is 24.3 Å². The molecule has 0 spiro atoms. The number of esters is 4. The van der Waals surface area contributed by atoms with Crippen LogP contribution in [0.3, 0.4) is 0 Å². The molecule has 476 valence electrons. The van der Waals surface area contributed by atoms with Crippen LogP contribution in [0.25, 0.3) is 0 Å². The highest BCUT2D eigenvalue weighted by atomic mass is 16.7. The minimum Gasteiger partial charge on any atom is -0.463 e. The molecule has 2 unspecified atom stereocenters. The number of ether oxygens (including phenoxy) is 8. The molecule has 0 amide bonds. The Morgan fingerprint density at radius 3 is 0.901 bits per heavy atom. The molecule has 0 fully saturated rings. The van der Waals surface area contributed by atoms with Gasteiger partial charge in [0.25, 0.3) is 0 Å². The fourth-order valence-electron chi connectivity index (χ4n) is 9.74. The van der Waals surface area contributed by atoms with Crippen molar-refractivity contribution in [2.45, 2.75) is 335 Å². The number of hydrogen-bond donors (Lipinski definition) is 0. The van der Waals surface area contributed by atoms with Crippen LogP contribution >= 0.6 is 0 Å². The van der Waals surface area contributed by atoms with E-state index in [1.54, 1.807) is 0 Å². The molecule has 0 radical (unpaired) electrons. The third-order valence-electron chi connectivity index (χ3n) is 14.9. The van der Waals surface area contributed by atoms with E-state index in [9.17, 15) is 19.2 Å². The first kappa shape index (κ1) is 78.2. The summed E-state index contributed by atoms with van der Waals surface area (Å²) in [4.78, 5) is 49.5. The van der Waals surface area contributed by atoms with Crippen LogP contribution in [0.2, 0.25) is 0 Å². The molecule has 0 aromatic heterocycles. The van der Waals surface area contributed by atoms with Gasteiger partial charge in [0.05, 0.1) is 39.6 Å². The molecule has 12 nitrogen and oxygen atoms in total. The van der Waals surface area contributed by atoms with Gasteiger partial charge in [0, 0.05) is 38.5 Å². The van der Waals surface area contributed by atoms with E-state index in [1.165, 1.54) is 128 Å². The number of unbranched alkanes of at least 4 members (excludes halogenated alkanes) is 32. The standard InChI is InChI=1S/C69H128O12/c1-5-9-13-17-19-21-31-37-45-53-68(72)80-64(47-39-15-11-7-3)49-41-33-27-23-25-29-35-43-51-66(70)78-61-59-74-55-57-76-63-77-58-56-75-60-62-79-67(71)52-44-36-30-26-24-28-34-42-50-65(48-40-16-12-8-4)81-69(73)54-46-38-32-22-20-18-14-10-6-2/h33-34,41-42,64-65H,5-32,35-40,43-63H2,1-4H3/b41-33-,42-34-. The minimum atomic E-state index is -0.184. The predicted molar refractivity (Wildman–Crippen MR) is 333 cm³/mol. The lowest BCUT2D eigenvalue weighted by atomic mass is 10.1. The average molecular weight is 1150 g/mol. The summed E-state index contributed by atoms with van der Waals surface area (Å²) in [5, 5.41) is 0. The largest absolute Gasteiger partial charge is 0.463 e. The van der Waals surface area contributed by atoms with E-state index in [4.69, 9.17) is 37.9 Å². The van der Waals surface area contributed by atoms with Crippen LogP contribution < -0.4 is 0 Å². The van der Waals surface area contributed by atoms with E-state index in [2.05, 4.69) is 52.0 Å². The van der Waals surface area contributed by atoms with Crippen molar-refractivity contribution in [3.63, 3.8) is 0 Å². The van der Waals surface area contributed by atoms with Crippen molar-refractivity contribution in [1.82, 2.24) is 0 Å². The lowest BCUT2D eigenvalue weighted by molar-refractivity contribution is -0.150. The van der Waals surface area contributed by atoms with Crippen LogP contribution in [-0.4, -0.2) is 95.7 Å². The van der Waals surface area contributed by atoms with Crippen molar-refractivity contribution in [1.29, 1.82) is 0 Å². The highest BCUT2D eigenvalue weighted by molar-refractivity contribution is 5.70. The second kappa shape index (κ2) is 66.3. The Bertz CT molecular complexity index is 1300. The van der Waals surface area contributed by atoms with E-state index < -0.39 is 0 Å². The van der Waals surface area contributed by atoms with Gasteiger partial charge in [-0.1, -0.05) is 232 Å². The van der Waals surface area contributed by atoms with E-state index in [1.807, 2.05) is 0 Å². The maximum atomic E-state index is 12.6. The van der Waals surface area contributed by atoms with Gasteiger partial charge in [-0.3, -0.25) is 19.2 Å². The summed E-state index contributed by atoms with van der Waals surface area (Å²) >= 11 is 0. The fraction of sp³-hybridized carbons (Fsp3) is 0.884. The first-order chi connectivity index (χ1) is 39.9. The second-order valence-corrected chi connectivity index (χ2v) is 22.7. The van der Waals surface area contributed by atoms with Crippen molar-refractivity contribution < 1.29 is 57.1 Å². The van der Waals surface area contributed by atoms with E-state index >= 15 is 0 Å². The zero-order valence-corrected chi connectivity index (χ0v) is 53.3. The van der Waals surface area contributed by atoms with Crippen molar-refractivity contribution >= 4 is 23.9 Å². The lowest BCUT2D eigenvalue weighted by Crippen LogP contribution is -2.17. The van der Waals surface area contributed by atoms with Gasteiger partial charge in [0.2, 0.25) is 0 Å². The summed E-state index contributed by atoms with van der Waals surface area (Å²) in [5.74, 6) is -0.421. The molecule has 2 atom stereocenters. The highest BCUT2D eigenvalue weighted by Crippen LogP contribution is 2.19. The molecule has 0 bridgehead atoms. The fourth-order valence-corrected chi connectivity index (χ4v) is 9.74. The molecular weight excluding hydrogens is 1020 g/mol. The average Bonchev–Trinajstić information content (AvgIpc) is 3.46. The SMILES string of the molecule is CCCCCCCCCCCC(=O)OC(C/C=C\CCCCCCCC(=O)OCCOCCOCOCCOCCOC(=O)CCCCCCC/C=C\CC(CCCCCC)OC(=O)CCCCCCCCCCC)CCCCCC. The third-order valence-corrected chi connectivity index (χ3v) is 14.9. The Morgan fingerprint density at radius 2 is 0.556 bits per heavy atom. The molecule has 0 aromatic rings. The second-order valence-electron chi connectivity index (χ2n) is 22.7. The van der Waals surface area contributed by atoms with Gasteiger partial charge < -0.3 is 37.9 Å². The van der Waals surface area contributed by atoms with Crippen LogP contribution in [0.4, 0.5) is 0 Å². The topological polar surface area (TPSA) is 142 Å². The monoisotopic (exact) mass is 1150 g/mol. The van der Waals surface area contributed by atoms with E-state index in [0.717, 1.165) is 141 Å². The zero-order chi connectivity index (χ0) is 58.8. The Labute approximate surface area is 498 Å². The quantitative estimate of drug-likeness (QED) is 0.0188. The summed E-state index contributed by atoms with van der Waals surface area (Å²) in [6, 6.07) is 0. The summed E-state index contributed by atoms with van der Waals surface area (Å²) < 4.78 is 44.4. The maximum Gasteiger partial charge on any atom is 0.306 e. The Balaban J connectivity index is 3.74. The van der Waals surface area contributed by atoms with E-state index in [-0.39, 0.29) is 56.1 Å². The predicted octanol–water partition coefficient (Wildman–Crippen LogP) is 19.1. The molecule has 0 saturated heterocycles. The molecule has 0 saturated carbocycles. The van der Waals surface area contributed by atoms with Crippen LogP contribution in [0, 0.1) is 0 Å². The maximum absolute atomic E-state index is 12.6. The number of rotatable bonds is 66. The Morgan fingerprint density at radius 1 is 0.284 bits per heavy atom. The highest BCUT2D eigenvalue weighted by Gasteiger charge is 2.15. The molecule has 12 heteroatoms. The summed E-state index contributed by atoms with van der Waals surface area (Å²) in [6.45, 7) is 11.7. The molecular formula is C69H128O12. The molecule has 0 aliphatic heterocycles. The van der Waals surface area contributed by atoms with Crippen molar-refractivity contribution in [3.8, 4) is 0 Å². The summed E-state index contributed by atoms with van der Waals surface area (Å²) in [6.07, 6.45) is 58.7. The first-order valence-electron chi connectivity index (χ1n) is 34.2. The Kier molecular flexibility index (Phi) is 64.0. The molecule has 0 aliphatic carbocycles. The van der Waals surface area contributed by atoms with Crippen LogP contribution in [0.5, 0.6) is 0 Å². The van der Waals surface area contributed by atoms with Gasteiger partial charge in [-0.25, -0.2) is 0 Å². The Hall–Kier alpha value is -2.80. The van der Waals surface area contributed by atoms with Gasteiger partial charge >= 0.3 is 23.9 Å². The number of carbonyl (C=O) groups is 4. The van der Waals surface area contributed by atoms with Crippen LogP contribution in [0.1, 0.15) is 323 Å². The van der Waals surface area contributed by atoms with Crippen LogP contribution in [-0.2, 0) is 57.1 Å². The molecule has 81 heavy (non-hydrogen) atoms. The van der Waals surface area contributed by atoms with Gasteiger partial charge in [0.15, 0.2) is 0 Å². The van der Waals surface area contributed by atoms with Gasteiger partial charge in [-0.05, 0) is 77.0 Å². The molecule has 0 aromatic carbocycles. The molecule has 0 aliphatic rings. The number of hydrogen-bond acceptors (Lipinski definition) is 12. The van der Waals surface area contributed by atoms with Crippen molar-refractivity contribution in [2.24, 2.45) is 0 Å². The number of allylic oxidation sites excluding steroid dienone is 2.